The van der Waals surface area contributed by atoms with Crippen LogP contribution in [0.1, 0.15) is 53.2 Å². The van der Waals surface area contributed by atoms with Gasteiger partial charge in [0, 0.05) is 30.3 Å². The van der Waals surface area contributed by atoms with Gasteiger partial charge in [0.2, 0.25) is 0 Å². The molecule has 1 atom stereocenters. The number of carbonyl (C=O) groups excluding carboxylic acids is 2. The number of benzene rings is 2. The number of hydrogen-bond acceptors (Lipinski definition) is 4. The van der Waals surface area contributed by atoms with Gasteiger partial charge in [-0.15, -0.1) is 0 Å². The fraction of sp³-hybridized carbons (Fsp3) is 0.360. The number of ketones is 1. The van der Waals surface area contributed by atoms with Gasteiger partial charge in [-0.2, -0.15) is 4.98 Å². The van der Waals surface area contributed by atoms with Gasteiger partial charge in [0.15, 0.2) is 5.78 Å². The summed E-state index contributed by atoms with van der Waals surface area (Å²) in [5.41, 5.74) is 1.05. The minimum Gasteiger partial charge on any atom is -0.337 e. The second-order valence-corrected chi connectivity index (χ2v) is 8.68. The predicted molar refractivity (Wildman–Crippen MR) is 120 cm³/mol. The summed E-state index contributed by atoms with van der Waals surface area (Å²) in [6, 6.07) is 15.3. The zero-order chi connectivity index (χ0) is 22.0. The number of rotatable bonds is 5. The number of fused-ring (bicyclic) bond motifs is 1. The van der Waals surface area contributed by atoms with Gasteiger partial charge < -0.3 is 9.88 Å². The first-order valence-corrected chi connectivity index (χ1v) is 10.8. The number of aromatic nitrogens is 2. The lowest BCUT2D eigenvalue weighted by Crippen LogP contribution is -2.43. The number of carbonyl (C=O) groups is 2. The van der Waals surface area contributed by atoms with E-state index in [0.29, 0.717) is 36.7 Å². The molecule has 2 heterocycles. The lowest BCUT2D eigenvalue weighted by molar-refractivity contribution is 0.0632. The number of aromatic amines is 1. The lowest BCUT2D eigenvalue weighted by atomic mass is 9.88. The van der Waals surface area contributed by atoms with Gasteiger partial charge in [-0.3, -0.25) is 9.59 Å². The molecular formula is C25H27N3O3. The molecule has 6 heteroatoms. The topological polar surface area (TPSA) is 83.1 Å². The number of likely N-dealkylation sites (tertiary alicyclic amines) is 1. The maximum absolute atomic E-state index is 13.3. The van der Waals surface area contributed by atoms with Crippen molar-refractivity contribution in [3.05, 3.63) is 76.0 Å². The molecule has 1 aliphatic heterocycles. The van der Waals surface area contributed by atoms with Crippen molar-refractivity contribution in [2.24, 2.45) is 11.8 Å². The Labute approximate surface area is 181 Å². The van der Waals surface area contributed by atoms with Gasteiger partial charge in [-0.1, -0.05) is 56.3 Å². The van der Waals surface area contributed by atoms with Crippen LogP contribution in [0.3, 0.4) is 0 Å². The van der Waals surface area contributed by atoms with Gasteiger partial charge in [-0.05, 0) is 42.0 Å². The number of piperidine rings is 1. The monoisotopic (exact) mass is 417 g/mol. The van der Waals surface area contributed by atoms with E-state index in [2.05, 4.69) is 9.97 Å². The van der Waals surface area contributed by atoms with Crippen LogP contribution < -0.4 is 5.69 Å². The van der Waals surface area contributed by atoms with Crippen LogP contribution in [0, 0.1) is 11.8 Å². The molecule has 1 aliphatic rings. The quantitative estimate of drug-likeness (QED) is 0.639. The van der Waals surface area contributed by atoms with Gasteiger partial charge in [-0.25, -0.2) is 4.79 Å². The van der Waals surface area contributed by atoms with Crippen LogP contribution in [0.25, 0.3) is 10.8 Å². The Balaban J connectivity index is 1.56. The molecule has 31 heavy (non-hydrogen) atoms. The van der Waals surface area contributed by atoms with E-state index < -0.39 is 5.69 Å². The molecule has 0 aliphatic carbocycles. The van der Waals surface area contributed by atoms with Gasteiger partial charge in [0.05, 0.1) is 0 Å². The van der Waals surface area contributed by atoms with Crippen LogP contribution in [-0.4, -0.2) is 39.6 Å². The molecule has 1 N–H and O–H groups in total. The molecule has 6 nitrogen and oxygen atoms in total. The minimum absolute atomic E-state index is 0.0636. The van der Waals surface area contributed by atoms with Crippen molar-refractivity contribution in [2.45, 2.75) is 33.1 Å². The minimum atomic E-state index is -0.512. The van der Waals surface area contributed by atoms with Crippen molar-refractivity contribution in [1.29, 1.82) is 0 Å². The standard InChI is InChI=1S/C25H27N3O3/c1-16(2)13-19-14-22(27-25(31)26-19)24(30)28-12-6-9-18(15-28)23(29)21-11-5-8-17-7-3-4-10-20(17)21/h3-5,7-8,10-11,14,16,18H,6,9,12-13,15H2,1-2H3,(H,26,27,31)/t18-/m1/s1. The summed E-state index contributed by atoms with van der Waals surface area (Å²) < 4.78 is 0. The summed E-state index contributed by atoms with van der Waals surface area (Å²) in [7, 11) is 0. The summed E-state index contributed by atoms with van der Waals surface area (Å²) in [6.45, 7) is 5.00. The average Bonchev–Trinajstić information content (AvgIpc) is 2.77. The van der Waals surface area contributed by atoms with E-state index >= 15 is 0 Å². The third-order valence-corrected chi connectivity index (χ3v) is 5.78. The Morgan fingerprint density at radius 2 is 1.94 bits per heavy atom. The van der Waals surface area contributed by atoms with Crippen molar-refractivity contribution in [3.63, 3.8) is 0 Å². The fourth-order valence-electron chi connectivity index (χ4n) is 4.37. The summed E-state index contributed by atoms with van der Waals surface area (Å²) in [5, 5.41) is 1.97. The fourth-order valence-corrected chi connectivity index (χ4v) is 4.37. The molecule has 0 radical (unpaired) electrons. The summed E-state index contributed by atoms with van der Waals surface area (Å²) in [5.74, 6) is -0.139. The van der Waals surface area contributed by atoms with Crippen LogP contribution in [0.2, 0.25) is 0 Å². The SMILES string of the molecule is CC(C)Cc1cc(C(=O)N2CCC[C@@H](C(=O)c3cccc4ccccc34)C2)nc(=O)[nH]1. The van der Waals surface area contributed by atoms with Crippen LogP contribution >= 0.6 is 0 Å². The molecule has 160 valence electrons. The largest absolute Gasteiger partial charge is 0.345 e. The van der Waals surface area contributed by atoms with E-state index in [0.717, 1.165) is 23.6 Å². The third-order valence-electron chi connectivity index (χ3n) is 5.78. The molecule has 0 spiro atoms. The maximum atomic E-state index is 13.3. The molecule has 0 unspecified atom stereocenters. The lowest BCUT2D eigenvalue weighted by Gasteiger charge is -2.32. The Bertz CT molecular complexity index is 1180. The zero-order valence-corrected chi connectivity index (χ0v) is 17.9. The highest BCUT2D eigenvalue weighted by molar-refractivity contribution is 6.09. The molecule has 0 saturated carbocycles. The number of H-pyrrole nitrogens is 1. The molecule has 2 aromatic carbocycles. The van der Waals surface area contributed by atoms with E-state index in [4.69, 9.17) is 0 Å². The van der Waals surface area contributed by atoms with Crippen molar-refractivity contribution in [2.75, 3.05) is 13.1 Å². The highest BCUT2D eigenvalue weighted by Gasteiger charge is 2.31. The van der Waals surface area contributed by atoms with E-state index in [-0.39, 0.29) is 23.3 Å². The normalized spacial score (nSPS) is 16.6. The molecule has 1 saturated heterocycles. The van der Waals surface area contributed by atoms with Crippen molar-refractivity contribution >= 4 is 22.5 Å². The van der Waals surface area contributed by atoms with Crippen LogP contribution in [0.5, 0.6) is 0 Å². The summed E-state index contributed by atoms with van der Waals surface area (Å²) >= 11 is 0. The van der Waals surface area contributed by atoms with Crippen LogP contribution in [-0.2, 0) is 6.42 Å². The predicted octanol–water partition coefficient (Wildman–Crippen LogP) is 3.86. The second kappa shape index (κ2) is 8.84. The van der Waals surface area contributed by atoms with Gasteiger partial charge in [0.1, 0.15) is 5.69 Å². The van der Waals surface area contributed by atoms with Crippen molar-refractivity contribution < 1.29 is 9.59 Å². The highest BCUT2D eigenvalue weighted by atomic mass is 16.2. The van der Waals surface area contributed by atoms with E-state index in [1.165, 1.54) is 0 Å². The second-order valence-electron chi connectivity index (χ2n) is 8.68. The Hall–Kier alpha value is -3.28. The first kappa shape index (κ1) is 21.0. The van der Waals surface area contributed by atoms with Gasteiger partial charge >= 0.3 is 5.69 Å². The summed E-state index contributed by atoms with van der Waals surface area (Å²) in [4.78, 5) is 46.7. The first-order valence-electron chi connectivity index (χ1n) is 10.8. The molecule has 3 aromatic rings. The summed E-state index contributed by atoms with van der Waals surface area (Å²) in [6.07, 6.45) is 2.16. The van der Waals surface area contributed by atoms with Crippen molar-refractivity contribution in [3.8, 4) is 0 Å². The average molecular weight is 418 g/mol. The smallest absolute Gasteiger partial charge is 0.337 e. The van der Waals surface area contributed by atoms with E-state index in [1.807, 2.05) is 56.3 Å². The van der Waals surface area contributed by atoms with Crippen molar-refractivity contribution in [1.82, 2.24) is 14.9 Å². The third kappa shape index (κ3) is 4.58. The van der Waals surface area contributed by atoms with Crippen LogP contribution in [0.4, 0.5) is 0 Å². The number of amides is 1. The Morgan fingerprint density at radius 3 is 2.74 bits per heavy atom. The number of hydrogen-bond donors (Lipinski definition) is 1. The van der Waals surface area contributed by atoms with Crippen LogP contribution in [0.15, 0.2) is 53.3 Å². The van der Waals surface area contributed by atoms with Gasteiger partial charge in [0.25, 0.3) is 5.91 Å². The number of nitrogens with zero attached hydrogens (tertiary/aromatic N) is 2. The molecule has 1 aromatic heterocycles. The first-order chi connectivity index (χ1) is 14.9. The Morgan fingerprint density at radius 1 is 1.16 bits per heavy atom. The molecule has 0 bridgehead atoms. The maximum Gasteiger partial charge on any atom is 0.345 e. The van der Waals surface area contributed by atoms with E-state index in [9.17, 15) is 14.4 Å². The zero-order valence-electron chi connectivity index (χ0n) is 17.9. The highest BCUT2D eigenvalue weighted by Crippen LogP contribution is 2.26. The Kier molecular flexibility index (Phi) is 5.98. The molecular weight excluding hydrogens is 390 g/mol. The molecule has 1 fully saturated rings. The van der Waals surface area contributed by atoms with E-state index in [1.54, 1.807) is 11.0 Å². The molecule has 1 amide bonds. The number of Topliss-reactive ketones (excluding diaryl/α,β-unsaturated/α-hetero) is 1. The number of nitrogens with one attached hydrogen (secondary N) is 1. The molecule has 4 rings (SSSR count).